The van der Waals surface area contributed by atoms with Crippen molar-refractivity contribution in [1.82, 2.24) is 24.9 Å². The molecule has 80 heavy (non-hydrogen) atoms. The maximum absolute atomic E-state index is 13.6. The Kier molecular flexibility index (Phi) is 20.5. The van der Waals surface area contributed by atoms with Gasteiger partial charge in [0.05, 0.1) is 17.1 Å². The summed E-state index contributed by atoms with van der Waals surface area (Å²) in [5.41, 5.74) is 10.1. The molecule has 0 aliphatic heterocycles. The summed E-state index contributed by atoms with van der Waals surface area (Å²) in [5.74, 6) is -5.49. The van der Waals surface area contributed by atoms with E-state index in [1.165, 1.54) is 83.1 Å². The molecule has 5 nitrogen and oxygen atoms in total. The van der Waals surface area contributed by atoms with Crippen LogP contribution in [0.5, 0.6) is 0 Å². The quantitative estimate of drug-likeness (QED) is 0.161. The van der Waals surface area contributed by atoms with E-state index in [-0.39, 0.29) is 27.8 Å². The van der Waals surface area contributed by atoms with E-state index in [9.17, 15) is 43.9 Å². The van der Waals surface area contributed by atoms with Crippen molar-refractivity contribution in [3.05, 3.63) is 266 Å². The molecule has 410 valence electrons. The van der Waals surface area contributed by atoms with Crippen LogP contribution in [0.2, 0.25) is 0 Å². The highest BCUT2D eigenvalue weighted by atomic mass is 19.2. The third kappa shape index (κ3) is 15.9. The number of aromatic nitrogens is 5. The maximum Gasteiger partial charge on any atom is 0.168 e. The van der Waals surface area contributed by atoms with Gasteiger partial charge in [-0.1, -0.05) is 36.4 Å². The predicted octanol–water partition coefficient (Wildman–Crippen LogP) is 18.2. The Morgan fingerprint density at radius 3 is 1.07 bits per heavy atom. The van der Waals surface area contributed by atoms with Crippen molar-refractivity contribution < 1.29 is 43.9 Å². The van der Waals surface area contributed by atoms with Gasteiger partial charge in [-0.05, 0) is 193 Å². The fourth-order valence-electron chi connectivity index (χ4n) is 7.32. The number of nitrogens with zero attached hydrogens (tertiary/aromatic N) is 5. The summed E-state index contributed by atoms with van der Waals surface area (Å²) in [4.78, 5) is 20.4. The van der Waals surface area contributed by atoms with Gasteiger partial charge in [0.25, 0.3) is 0 Å². The molecule has 5 aromatic carbocycles. The number of halogens is 10. The molecular weight excluding hydrogens is 1040 g/mol. The molecule has 15 heteroatoms. The van der Waals surface area contributed by atoms with Crippen molar-refractivity contribution in [2.24, 2.45) is 0 Å². The van der Waals surface area contributed by atoms with Crippen LogP contribution in [0.4, 0.5) is 43.9 Å². The molecular formula is C65H55F10N5. The zero-order valence-corrected chi connectivity index (χ0v) is 45.4. The minimum absolute atomic E-state index is 0.0378. The molecule has 10 rings (SSSR count). The highest BCUT2D eigenvalue weighted by Gasteiger charge is 2.15. The van der Waals surface area contributed by atoms with Crippen LogP contribution in [0.25, 0.3) is 56.0 Å². The first-order valence-corrected chi connectivity index (χ1v) is 24.8. The zero-order valence-electron chi connectivity index (χ0n) is 45.4. The van der Waals surface area contributed by atoms with E-state index in [4.69, 9.17) is 0 Å². The van der Waals surface area contributed by atoms with Crippen LogP contribution in [0, 0.1) is 127 Å². The van der Waals surface area contributed by atoms with Crippen molar-refractivity contribution in [1.29, 1.82) is 0 Å². The minimum atomic E-state index is -0.837. The first-order valence-electron chi connectivity index (χ1n) is 24.8. The van der Waals surface area contributed by atoms with Crippen LogP contribution in [0.15, 0.2) is 152 Å². The minimum Gasteiger partial charge on any atom is -0.261 e. The first-order chi connectivity index (χ1) is 37.9. The van der Waals surface area contributed by atoms with Crippen molar-refractivity contribution in [3.63, 3.8) is 0 Å². The molecule has 0 amide bonds. The second-order valence-corrected chi connectivity index (χ2v) is 18.9. The average molecular weight is 1100 g/mol. The van der Waals surface area contributed by atoms with E-state index < -0.39 is 58.2 Å². The molecule has 0 aliphatic rings. The van der Waals surface area contributed by atoms with Gasteiger partial charge in [-0.3, -0.25) is 24.9 Å². The monoisotopic (exact) mass is 1100 g/mol. The van der Waals surface area contributed by atoms with E-state index >= 15 is 0 Å². The molecule has 0 unspecified atom stereocenters. The molecule has 0 atom stereocenters. The van der Waals surface area contributed by atoms with Crippen LogP contribution < -0.4 is 0 Å². The summed E-state index contributed by atoms with van der Waals surface area (Å²) in [6.45, 7) is 16.8. The first kappa shape index (κ1) is 60.4. The lowest BCUT2D eigenvalue weighted by Crippen LogP contribution is -1.94. The summed E-state index contributed by atoms with van der Waals surface area (Å²) in [7, 11) is 0. The predicted molar refractivity (Wildman–Crippen MR) is 295 cm³/mol. The third-order valence-electron chi connectivity index (χ3n) is 12.4. The number of rotatable bonds is 5. The molecule has 0 saturated carbocycles. The lowest BCUT2D eigenvalue weighted by Gasteiger charge is -2.05. The average Bonchev–Trinajstić information content (AvgIpc) is 3.43. The van der Waals surface area contributed by atoms with Crippen molar-refractivity contribution >= 4 is 0 Å². The molecule has 0 bridgehead atoms. The SMILES string of the molecule is Cc1ccc(-c2cc(F)c(C)c(F)c2)cn1.Cc1ccc(-c2cc(F)c(C)c(F)c2)nc1.Cc1ccc(-c2cc(F)c(C)cc2F)cn1.Cc1ccc(-c2cc(F)c(C)cc2F)nc1.Cc1ccc(-c2ccc(C)c(F)c2F)nc1. The Balaban J connectivity index is 0.000000161. The highest BCUT2D eigenvalue weighted by molar-refractivity contribution is 5.65. The molecule has 0 radical (unpaired) electrons. The zero-order chi connectivity index (χ0) is 58.5. The van der Waals surface area contributed by atoms with E-state index in [0.717, 1.165) is 28.1 Å². The fraction of sp³-hybridized carbons (Fsp3) is 0.154. The molecule has 5 aromatic heterocycles. The molecule has 0 saturated heterocycles. The lowest BCUT2D eigenvalue weighted by molar-refractivity contribution is 0.505. The Bertz CT molecular complexity index is 3440. The van der Waals surface area contributed by atoms with Gasteiger partial charge < -0.3 is 0 Å². The summed E-state index contributed by atoms with van der Waals surface area (Å²) in [6, 6.07) is 30.8. The van der Waals surface area contributed by atoms with Gasteiger partial charge in [-0.25, -0.2) is 43.9 Å². The molecule has 10 aromatic rings. The second-order valence-electron chi connectivity index (χ2n) is 18.9. The van der Waals surface area contributed by atoms with Gasteiger partial charge in [0.2, 0.25) is 0 Å². The smallest absolute Gasteiger partial charge is 0.168 e. The molecule has 0 fully saturated rings. The normalized spacial score (nSPS) is 10.5. The van der Waals surface area contributed by atoms with E-state index in [2.05, 4.69) is 24.9 Å². The summed E-state index contributed by atoms with van der Waals surface area (Å²) < 4.78 is 134. The summed E-state index contributed by atoms with van der Waals surface area (Å²) >= 11 is 0. The Hall–Kier alpha value is -8.85. The van der Waals surface area contributed by atoms with E-state index in [1.807, 2.05) is 58.9 Å². The molecule has 0 N–H and O–H groups in total. The van der Waals surface area contributed by atoms with Crippen LogP contribution >= 0.6 is 0 Å². The second kappa shape index (κ2) is 27.2. The largest absolute Gasteiger partial charge is 0.261 e. The third-order valence-corrected chi connectivity index (χ3v) is 12.4. The van der Waals surface area contributed by atoms with Crippen molar-refractivity contribution in [2.75, 3.05) is 0 Å². The summed E-state index contributed by atoms with van der Waals surface area (Å²) in [6.07, 6.45) is 8.09. The van der Waals surface area contributed by atoms with Crippen LogP contribution in [0.3, 0.4) is 0 Å². The lowest BCUT2D eigenvalue weighted by atomic mass is 10.0. The maximum atomic E-state index is 13.6. The Morgan fingerprint density at radius 2 is 0.650 bits per heavy atom. The van der Waals surface area contributed by atoms with Gasteiger partial charge >= 0.3 is 0 Å². The van der Waals surface area contributed by atoms with Gasteiger partial charge in [0.15, 0.2) is 11.6 Å². The van der Waals surface area contributed by atoms with Crippen molar-refractivity contribution in [3.8, 4) is 56.0 Å². The standard InChI is InChI=1S/5C13H11F2N/c1-8-3-6-11(16-7-8)10-5-4-9(2)12(14)13(10)15;1-8-5-13(15)11(6-12(8)14)10-4-3-9(2)16-7-10;1-8-3-4-10(7-16-8)11-5-12(14)9(2)13(15)6-11;1-8-3-4-13(16-7-8)10-5-11(14)9(2)12(15)6-10;1-8-3-4-13(16-7-8)10-6-11(14)9(2)5-12(10)15/h5*3-7H,1-2H3. The topological polar surface area (TPSA) is 64.5 Å². The summed E-state index contributed by atoms with van der Waals surface area (Å²) in [5, 5.41) is 0. The molecule has 0 spiro atoms. The fourth-order valence-corrected chi connectivity index (χ4v) is 7.32. The van der Waals surface area contributed by atoms with Gasteiger partial charge in [-0.2, -0.15) is 0 Å². The number of benzene rings is 5. The molecule has 5 heterocycles. The molecule has 0 aliphatic carbocycles. The number of hydrogen-bond acceptors (Lipinski definition) is 5. The van der Waals surface area contributed by atoms with Gasteiger partial charge in [0, 0.05) is 86.9 Å². The highest BCUT2D eigenvalue weighted by Crippen LogP contribution is 2.29. The number of aryl methyl sites for hydroxylation is 8. The Morgan fingerprint density at radius 1 is 0.250 bits per heavy atom. The van der Waals surface area contributed by atoms with Gasteiger partial charge in [0.1, 0.15) is 46.5 Å². The van der Waals surface area contributed by atoms with Crippen molar-refractivity contribution in [2.45, 2.75) is 69.2 Å². The van der Waals surface area contributed by atoms with Gasteiger partial charge in [-0.15, -0.1) is 0 Å². The van der Waals surface area contributed by atoms with E-state index in [1.54, 1.807) is 79.5 Å². The number of pyridine rings is 5. The van der Waals surface area contributed by atoms with E-state index in [0.29, 0.717) is 56.0 Å². The Labute approximate surface area is 458 Å². The van der Waals surface area contributed by atoms with Crippen LogP contribution in [0.1, 0.15) is 55.9 Å². The van der Waals surface area contributed by atoms with Crippen LogP contribution in [-0.4, -0.2) is 24.9 Å². The number of hydrogen-bond donors (Lipinski definition) is 0. The van der Waals surface area contributed by atoms with Crippen LogP contribution in [-0.2, 0) is 0 Å².